The second kappa shape index (κ2) is 6.69. The summed E-state index contributed by atoms with van der Waals surface area (Å²) < 4.78 is 18.5. The van der Waals surface area contributed by atoms with Crippen LogP contribution in [0.15, 0.2) is 40.4 Å². The number of hydrogen-bond acceptors (Lipinski definition) is 5. The summed E-state index contributed by atoms with van der Waals surface area (Å²) in [5, 5.41) is 0.171. The maximum Gasteiger partial charge on any atom is 0.340 e. The third-order valence-electron chi connectivity index (χ3n) is 2.59. The minimum atomic E-state index is -0.799. The lowest BCUT2D eigenvalue weighted by atomic mass is 10.2. The van der Waals surface area contributed by atoms with E-state index in [1.54, 1.807) is 6.07 Å². The van der Waals surface area contributed by atoms with Gasteiger partial charge in [-0.15, -0.1) is 0 Å². The summed E-state index contributed by atoms with van der Waals surface area (Å²) in [4.78, 5) is 27.1. The molecule has 108 valence electrons. The highest BCUT2D eigenvalue weighted by atomic mass is 35.5. The fourth-order valence-electron chi connectivity index (χ4n) is 1.59. The van der Waals surface area contributed by atoms with E-state index in [9.17, 15) is 14.0 Å². The van der Waals surface area contributed by atoms with Gasteiger partial charge in [0.2, 0.25) is 0 Å². The van der Waals surface area contributed by atoms with Crippen molar-refractivity contribution in [1.29, 1.82) is 0 Å². The lowest BCUT2D eigenvalue weighted by Crippen LogP contribution is -2.04. The molecule has 0 saturated heterocycles. The number of benzene rings is 1. The molecule has 0 spiro atoms. The van der Waals surface area contributed by atoms with E-state index < -0.39 is 11.8 Å². The van der Waals surface area contributed by atoms with Crippen molar-refractivity contribution in [1.82, 2.24) is 4.98 Å². The van der Waals surface area contributed by atoms with Crippen LogP contribution in [0.3, 0.4) is 0 Å². The zero-order chi connectivity index (χ0) is 15.4. The van der Waals surface area contributed by atoms with Crippen LogP contribution in [0.2, 0.25) is 5.02 Å². The SMILES string of the molecule is COC(=O)c1cccnc1Sc1ccc(Cl)c(F)c1C=O. The fraction of sp³-hybridized carbons (Fsp3) is 0.0714. The van der Waals surface area contributed by atoms with E-state index in [4.69, 9.17) is 11.6 Å². The van der Waals surface area contributed by atoms with Gasteiger partial charge >= 0.3 is 5.97 Å². The summed E-state index contributed by atoms with van der Waals surface area (Å²) in [6.07, 6.45) is 1.87. The largest absolute Gasteiger partial charge is 0.465 e. The molecule has 0 fully saturated rings. The Labute approximate surface area is 129 Å². The Bertz CT molecular complexity index is 709. The number of aldehydes is 1. The van der Waals surface area contributed by atoms with E-state index in [-0.39, 0.29) is 16.1 Å². The van der Waals surface area contributed by atoms with E-state index in [2.05, 4.69) is 9.72 Å². The van der Waals surface area contributed by atoms with Crippen LogP contribution < -0.4 is 0 Å². The predicted octanol–water partition coefficient (Wildman–Crippen LogP) is 3.62. The van der Waals surface area contributed by atoms with Crippen molar-refractivity contribution in [2.75, 3.05) is 7.11 Å². The van der Waals surface area contributed by atoms with Crippen LogP contribution in [-0.2, 0) is 4.74 Å². The molecule has 0 aliphatic rings. The van der Waals surface area contributed by atoms with Crippen molar-refractivity contribution < 1.29 is 18.7 Å². The van der Waals surface area contributed by atoms with Crippen LogP contribution in [0.25, 0.3) is 0 Å². The Kier molecular flexibility index (Phi) is 4.93. The van der Waals surface area contributed by atoms with Crippen molar-refractivity contribution in [2.45, 2.75) is 9.92 Å². The molecule has 0 unspecified atom stereocenters. The van der Waals surface area contributed by atoms with Gasteiger partial charge < -0.3 is 4.74 Å². The van der Waals surface area contributed by atoms with Crippen molar-refractivity contribution in [3.8, 4) is 0 Å². The summed E-state index contributed by atoms with van der Waals surface area (Å²) >= 11 is 6.63. The normalized spacial score (nSPS) is 10.2. The van der Waals surface area contributed by atoms with Gasteiger partial charge in [0.1, 0.15) is 5.03 Å². The van der Waals surface area contributed by atoms with Gasteiger partial charge in [-0.2, -0.15) is 0 Å². The van der Waals surface area contributed by atoms with Crippen molar-refractivity contribution in [3.63, 3.8) is 0 Å². The van der Waals surface area contributed by atoms with Crippen molar-refractivity contribution in [3.05, 3.63) is 52.4 Å². The van der Waals surface area contributed by atoms with Gasteiger partial charge in [-0.3, -0.25) is 4.79 Å². The quantitative estimate of drug-likeness (QED) is 0.634. The highest BCUT2D eigenvalue weighted by molar-refractivity contribution is 7.99. The summed E-state index contributed by atoms with van der Waals surface area (Å²) in [6, 6.07) is 5.95. The lowest BCUT2D eigenvalue weighted by Gasteiger charge is -2.09. The summed E-state index contributed by atoms with van der Waals surface area (Å²) in [5.74, 6) is -1.36. The number of esters is 1. The molecule has 4 nitrogen and oxygen atoms in total. The molecule has 2 rings (SSSR count). The Morgan fingerprint density at radius 1 is 1.43 bits per heavy atom. The number of carbonyl (C=O) groups is 2. The summed E-state index contributed by atoms with van der Waals surface area (Å²) in [6.45, 7) is 0. The first-order valence-electron chi connectivity index (χ1n) is 5.72. The molecule has 0 amide bonds. The molecule has 1 aromatic carbocycles. The molecule has 1 heterocycles. The van der Waals surface area contributed by atoms with Crippen LogP contribution in [0.1, 0.15) is 20.7 Å². The van der Waals surface area contributed by atoms with Crippen molar-refractivity contribution in [2.24, 2.45) is 0 Å². The molecular weight excluding hydrogens is 317 g/mol. The van der Waals surface area contributed by atoms with E-state index >= 15 is 0 Å². The van der Waals surface area contributed by atoms with E-state index in [1.165, 1.54) is 31.5 Å². The number of pyridine rings is 1. The molecule has 0 bridgehead atoms. The lowest BCUT2D eigenvalue weighted by molar-refractivity contribution is 0.0595. The van der Waals surface area contributed by atoms with Gasteiger partial charge in [-0.1, -0.05) is 23.4 Å². The van der Waals surface area contributed by atoms with Gasteiger partial charge in [-0.25, -0.2) is 14.2 Å². The number of halogens is 2. The first kappa shape index (κ1) is 15.5. The van der Waals surface area contributed by atoms with E-state index in [0.29, 0.717) is 16.2 Å². The van der Waals surface area contributed by atoms with Gasteiger partial charge in [-0.05, 0) is 24.3 Å². The number of rotatable bonds is 4. The molecule has 0 saturated carbocycles. The average molecular weight is 326 g/mol. The van der Waals surface area contributed by atoms with Crippen LogP contribution in [-0.4, -0.2) is 24.3 Å². The molecule has 21 heavy (non-hydrogen) atoms. The highest BCUT2D eigenvalue weighted by Crippen LogP contribution is 2.34. The second-order valence-corrected chi connectivity index (χ2v) is 5.28. The number of carbonyl (C=O) groups excluding carboxylic acids is 2. The van der Waals surface area contributed by atoms with Crippen LogP contribution >= 0.6 is 23.4 Å². The predicted molar refractivity (Wildman–Crippen MR) is 76.5 cm³/mol. The minimum absolute atomic E-state index is 0.143. The molecular formula is C14H9ClFNO3S. The van der Waals surface area contributed by atoms with Crippen LogP contribution in [0.5, 0.6) is 0 Å². The molecule has 0 N–H and O–H groups in total. The van der Waals surface area contributed by atoms with Gasteiger partial charge in [0.15, 0.2) is 12.1 Å². The zero-order valence-electron chi connectivity index (χ0n) is 10.8. The Hall–Kier alpha value is -1.92. The van der Waals surface area contributed by atoms with Gasteiger partial charge in [0.25, 0.3) is 0 Å². The standard InChI is InChI=1S/C14H9ClFNO3S/c1-20-14(19)8-3-2-6-17-13(8)21-11-5-4-10(15)12(16)9(11)7-18/h2-7H,1H3. The third kappa shape index (κ3) is 3.22. The monoisotopic (exact) mass is 325 g/mol. The second-order valence-electron chi connectivity index (χ2n) is 3.84. The maximum absolute atomic E-state index is 13.8. The highest BCUT2D eigenvalue weighted by Gasteiger charge is 2.17. The Morgan fingerprint density at radius 3 is 2.86 bits per heavy atom. The molecule has 7 heteroatoms. The van der Waals surface area contributed by atoms with Gasteiger partial charge in [0, 0.05) is 11.1 Å². The Morgan fingerprint density at radius 2 is 2.19 bits per heavy atom. The smallest absolute Gasteiger partial charge is 0.340 e. The number of methoxy groups -OCH3 is 1. The topological polar surface area (TPSA) is 56.3 Å². The van der Waals surface area contributed by atoms with E-state index in [0.717, 1.165) is 11.8 Å². The minimum Gasteiger partial charge on any atom is -0.465 e. The Balaban J connectivity index is 2.46. The van der Waals surface area contributed by atoms with Crippen LogP contribution in [0, 0.1) is 5.82 Å². The number of aromatic nitrogens is 1. The van der Waals surface area contributed by atoms with Gasteiger partial charge in [0.05, 0.1) is 23.3 Å². The molecule has 0 aliphatic heterocycles. The number of ether oxygens (including phenoxy) is 1. The first-order valence-corrected chi connectivity index (χ1v) is 6.92. The van der Waals surface area contributed by atoms with Crippen LogP contribution in [0.4, 0.5) is 4.39 Å². The molecule has 0 radical (unpaired) electrons. The number of hydrogen-bond donors (Lipinski definition) is 0. The molecule has 1 aromatic heterocycles. The summed E-state index contributed by atoms with van der Waals surface area (Å²) in [5.41, 5.74) is 0.0613. The first-order chi connectivity index (χ1) is 10.1. The molecule has 0 aliphatic carbocycles. The summed E-state index contributed by atoms with van der Waals surface area (Å²) in [7, 11) is 1.25. The number of nitrogens with zero attached hydrogens (tertiary/aromatic N) is 1. The molecule has 2 aromatic rings. The van der Waals surface area contributed by atoms with Crippen molar-refractivity contribution >= 4 is 35.6 Å². The third-order valence-corrected chi connectivity index (χ3v) is 3.98. The average Bonchev–Trinajstić information content (AvgIpc) is 2.51. The fourth-order valence-corrected chi connectivity index (χ4v) is 2.72. The molecule has 0 atom stereocenters. The maximum atomic E-state index is 13.8. The van der Waals surface area contributed by atoms with E-state index in [1.807, 2.05) is 0 Å². The zero-order valence-corrected chi connectivity index (χ0v) is 12.4.